The second kappa shape index (κ2) is 12.7. The standard InChI is InChI=1S/C32H36N6O/c1-2-13-28(35-30(23-14-6-3-7-15-23)24-16-8-4-9-17-24)31-36-27-21-12-18-25(22-34-37-33)29(27)32(39)38(31)26-19-10-5-11-20-26/h1,3,6,8,10,14,16-17,19-21,28,30-31,35-36H,4-5,7,9,11-13,15,18,22H2. The zero-order valence-electron chi connectivity index (χ0n) is 22.4. The van der Waals surface area contributed by atoms with Gasteiger partial charge in [-0.05, 0) is 79.7 Å². The molecule has 5 aliphatic rings. The summed E-state index contributed by atoms with van der Waals surface area (Å²) >= 11 is 0. The zero-order valence-corrected chi connectivity index (χ0v) is 22.4. The highest BCUT2D eigenvalue weighted by Crippen LogP contribution is 2.35. The van der Waals surface area contributed by atoms with E-state index in [1.807, 2.05) is 11.0 Å². The number of nitrogens with one attached hydrogen (secondary N) is 2. The van der Waals surface area contributed by atoms with Gasteiger partial charge in [0.25, 0.3) is 5.91 Å². The quantitative estimate of drug-likeness (QED) is 0.165. The molecule has 0 spiro atoms. The van der Waals surface area contributed by atoms with Gasteiger partial charge in [-0.1, -0.05) is 59.8 Å². The van der Waals surface area contributed by atoms with Crippen LogP contribution in [0.3, 0.4) is 0 Å². The van der Waals surface area contributed by atoms with Crippen molar-refractivity contribution in [1.29, 1.82) is 0 Å². The number of hydrogen-bond acceptors (Lipinski definition) is 4. The van der Waals surface area contributed by atoms with Gasteiger partial charge >= 0.3 is 0 Å². The van der Waals surface area contributed by atoms with E-state index in [0.29, 0.717) is 18.4 Å². The van der Waals surface area contributed by atoms with Crippen LogP contribution in [-0.4, -0.2) is 35.6 Å². The van der Waals surface area contributed by atoms with Crippen molar-refractivity contribution in [1.82, 2.24) is 15.5 Å². The number of azide groups is 1. The largest absolute Gasteiger partial charge is 0.363 e. The third-order valence-corrected chi connectivity index (χ3v) is 7.88. The van der Waals surface area contributed by atoms with Crippen LogP contribution in [0.1, 0.15) is 57.8 Å². The van der Waals surface area contributed by atoms with Crippen LogP contribution in [-0.2, 0) is 4.79 Å². The lowest BCUT2D eigenvalue weighted by Gasteiger charge is -2.46. The molecule has 1 heterocycles. The van der Waals surface area contributed by atoms with Gasteiger partial charge in [-0.25, -0.2) is 0 Å². The number of carbonyl (C=O) groups is 1. The van der Waals surface area contributed by atoms with Crippen LogP contribution in [0.5, 0.6) is 0 Å². The van der Waals surface area contributed by atoms with Crippen molar-refractivity contribution >= 4 is 5.91 Å². The number of amides is 1. The van der Waals surface area contributed by atoms with E-state index in [4.69, 9.17) is 12.0 Å². The minimum atomic E-state index is -0.383. The average molecular weight is 521 g/mol. The molecule has 200 valence electrons. The Labute approximate surface area is 231 Å². The normalized spacial score (nSPS) is 23.8. The molecule has 0 aromatic heterocycles. The Morgan fingerprint density at radius 3 is 2.64 bits per heavy atom. The van der Waals surface area contributed by atoms with Gasteiger partial charge in [0, 0.05) is 29.3 Å². The van der Waals surface area contributed by atoms with E-state index < -0.39 is 0 Å². The van der Waals surface area contributed by atoms with Crippen molar-refractivity contribution < 1.29 is 4.79 Å². The number of hydrogen-bond donors (Lipinski definition) is 2. The summed E-state index contributed by atoms with van der Waals surface area (Å²) in [5.74, 6) is 2.82. The van der Waals surface area contributed by atoms with Crippen molar-refractivity contribution in [3.8, 4) is 12.3 Å². The molecule has 0 bridgehead atoms. The molecule has 1 amide bonds. The molecule has 0 aromatic rings. The summed E-state index contributed by atoms with van der Waals surface area (Å²) in [6.45, 7) is 0.195. The van der Waals surface area contributed by atoms with Crippen LogP contribution in [0.25, 0.3) is 10.4 Å². The monoisotopic (exact) mass is 520 g/mol. The van der Waals surface area contributed by atoms with E-state index in [1.54, 1.807) is 0 Å². The Bertz CT molecular complexity index is 1320. The Morgan fingerprint density at radius 1 is 1.10 bits per heavy atom. The SMILES string of the molecule is C#CCC(NC(C1=CCCC=C1)C1=CC=CCC1)C1NC2=CCCC(CN=[N+]=[N-])=C2C(=O)N1C1=CCCC=C1. The van der Waals surface area contributed by atoms with Crippen LogP contribution in [0.4, 0.5) is 0 Å². The first kappa shape index (κ1) is 26.6. The molecular formula is C32H36N6O. The molecule has 7 nitrogen and oxygen atoms in total. The first-order valence-electron chi connectivity index (χ1n) is 14.0. The molecule has 0 saturated carbocycles. The fourth-order valence-electron chi connectivity index (χ4n) is 6.02. The lowest BCUT2D eigenvalue weighted by Crippen LogP contribution is -2.64. The van der Waals surface area contributed by atoms with Crippen LogP contribution < -0.4 is 10.6 Å². The van der Waals surface area contributed by atoms with Crippen molar-refractivity contribution in [2.75, 3.05) is 6.54 Å². The maximum atomic E-state index is 14.3. The highest BCUT2D eigenvalue weighted by molar-refractivity contribution is 6.01. The molecule has 1 fully saturated rings. The Morgan fingerprint density at radius 2 is 1.95 bits per heavy atom. The lowest BCUT2D eigenvalue weighted by molar-refractivity contribution is -0.129. The molecule has 0 radical (unpaired) electrons. The average Bonchev–Trinajstić information content (AvgIpc) is 2.99. The number of nitrogens with zero attached hydrogens (tertiary/aromatic N) is 4. The second-order valence-corrected chi connectivity index (χ2v) is 10.4. The number of rotatable bonds is 9. The minimum absolute atomic E-state index is 0.0114. The number of fused-ring (bicyclic) bond motifs is 1. The summed E-state index contributed by atoms with van der Waals surface area (Å²) in [6.07, 6.45) is 35.1. The van der Waals surface area contributed by atoms with Crippen LogP contribution in [0.15, 0.2) is 99.6 Å². The molecule has 1 aliphatic heterocycles. The number of allylic oxidation sites excluding steroid dienone is 9. The smallest absolute Gasteiger partial charge is 0.262 e. The number of terminal acetylenes is 1. The summed E-state index contributed by atoms with van der Waals surface area (Å²) < 4.78 is 0. The summed E-state index contributed by atoms with van der Waals surface area (Å²) in [6, 6.07) is -0.203. The maximum Gasteiger partial charge on any atom is 0.262 e. The van der Waals surface area contributed by atoms with E-state index in [-0.39, 0.29) is 30.7 Å². The van der Waals surface area contributed by atoms with Gasteiger partial charge in [0.2, 0.25) is 0 Å². The third-order valence-electron chi connectivity index (χ3n) is 7.88. The van der Waals surface area contributed by atoms with E-state index in [0.717, 1.165) is 61.9 Å². The predicted octanol–water partition coefficient (Wildman–Crippen LogP) is 6.17. The second-order valence-electron chi connectivity index (χ2n) is 10.4. The topological polar surface area (TPSA) is 93.1 Å². The zero-order chi connectivity index (χ0) is 27.0. The van der Waals surface area contributed by atoms with Crippen LogP contribution >= 0.6 is 0 Å². The maximum absolute atomic E-state index is 14.3. The van der Waals surface area contributed by atoms with Gasteiger partial charge in [0.1, 0.15) is 6.17 Å². The van der Waals surface area contributed by atoms with Crippen LogP contribution in [0.2, 0.25) is 0 Å². The predicted molar refractivity (Wildman–Crippen MR) is 156 cm³/mol. The highest BCUT2D eigenvalue weighted by atomic mass is 16.2. The summed E-state index contributed by atoms with van der Waals surface area (Å²) in [4.78, 5) is 19.1. The van der Waals surface area contributed by atoms with Gasteiger partial charge in [-0.3, -0.25) is 15.0 Å². The Hall–Kier alpha value is -3.98. The molecule has 1 saturated heterocycles. The van der Waals surface area contributed by atoms with Gasteiger partial charge in [-0.2, -0.15) is 0 Å². The molecule has 5 rings (SSSR count). The van der Waals surface area contributed by atoms with E-state index in [9.17, 15) is 4.79 Å². The van der Waals surface area contributed by atoms with Crippen LogP contribution in [0, 0.1) is 12.3 Å². The van der Waals surface area contributed by atoms with Gasteiger partial charge in [0.15, 0.2) is 0 Å². The van der Waals surface area contributed by atoms with Gasteiger partial charge in [0.05, 0.1) is 17.7 Å². The van der Waals surface area contributed by atoms with Gasteiger partial charge < -0.3 is 5.32 Å². The molecule has 3 unspecified atom stereocenters. The molecular weight excluding hydrogens is 484 g/mol. The number of carbonyl (C=O) groups excluding carboxylic acids is 1. The lowest BCUT2D eigenvalue weighted by atomic mass is 9.87. The van der Waals surface area contributed by atoms with E-state index in [1.165, 1.54) is 11.1 Å². The fourth-order valence-corrected chi connectivity index (χ4v) is 6.02. The van der Waals surface area contributed by atoms with Crippen molar-refractivity contribution in [2.45, 2.75) is 76.0 Å². The fraction of sp³-hybridized carbons (Fsp3) is 0.406. The third kappa shape index (κ3) is 5.88. The molecule has 39 heavy (non-hydrogen) atoms. The summed E-state index contributed by atoms with van der Waals surface area (Å²) in [5.41, 5.74) is 14.7. The molecule has 2 N–H and O–H groups in total. The Kier molecular flexibility index (Phi) is 8.68. The van der Waals surface area contributed by atoms with E-state index in [2.05, 4.69) is 81.3 Å². The minimum Gasteiger partial charge on any atom is -0.363 e. The van der Waals surface area contributed by atoms with Crippen molar-refractivity contribution in [3.05, 3.63) is 105 Å². The highest BCUT2D eigenvalue weighted by Gasteiger charge is 2.42. The Balaban J connectivity index is 1.55. The molecule has 3 atom stereocenters. The van der Waals surface area contributed by atoms with E-state index >= 15 is 0 Å². The summed E-state index contributed by atoms with van der Waals surface area (Å²) in [7, 11) is 0. The molecule has 0 aromatic carbocycles. The van der Waals surface area contributed by atoms with Crippen molar-refractivity contribution in [2.24, 2.45) is 5.11 Å². The molecule has 7 heteroatoms. The first-order chi connectivity index (χ1) is 19.2. The first-order valence-corrected chi connectivity index (χ1v) is 14.0. The molecule has 4 aliphatic carbocycles. The van der Waals surface area contributed by atoms with Crippen molar-refractivity contribution in [3.63, 3.8) is 0 Å². The van der Waals surface area contributed by atoms with Gasteiger partial charge in [-0.15, -0.1) is 12.3 Å². The summed E-state index contributed by atoms with van der Waals surface area (Å²) in [5, 5.41) is 11.4.